The Labute approximate surface area is 243 Å². The number of benzene rings is 2. The highest BCUT2D eigenvalue weighted by atomic mass is 16.7. The lowest BCUT2D eigenvalue weighted by molar-refractivity contribution is -0.253. The Morgan fingerprint density at radius 3 is 2.54 bits per heavy atom. The molecule has 2 unspecified atom stereocenters. The Balaban J connectivity index is 1.33. The fourth-order valence-corrected chi connectivity index (χ4v) is 7.47. The summed E-state index contributed by atoms with van der Waals surface area (Å²) >= 11 is 0. The van der Waals surface area contributed by atoms with E-state index in [2.05, 4.69) is 31.0 Å². The molecule has 41 heavy (non-hydrogen) atoms. The van der Waals surface area contributed by atoms with E-state index in [4.69, 9.17) is 14.6 Å². The molecule has 5 rings (SSSR count). The van der Waals surface area contributed by atoms with Gasteiger partial charge in [0.25, 0.3) is 0 Å². The van der Waals surface area contributed by atoms with Gasteiger partial charge in [0.15, 0.2) is 6.29 Å². The number of aliphatic hydroxyl groups excluding tert-OH is 1. The largest absolute Gasteiger partial charge is 0.481 e. The van der Waals surface area contributed by atoms with Gasteiger partial charge < -0.3 is 25.0 Å². The van der Waals surface area contributed by atoms with Crippen LogP contribution in [0.15, 0.2) is 48.5 Å². The number of hydrogen-bond donors (Lipinski definition) is 3. The van der Waals surface area contributed by atoms with E-state index in [1.54, 1.807) is 0 Å². The zero-order valence-corrected chi connectivity index (χ0v) is 24.5. The fraction of sp³-hybridized carbons (Fsp3) is 0.576. The number of carbonyl (C=O) groups excluding carboxylic acids is 1. The third kappa shape index (κ3) is 7.55. The Morgan fingerprint density at radius 1 is 1.02 bits per heavy atom. The van der Waals surface area contributed by atoms with Gasteiger partial charge in [0.1, 0.15) is 0 Å². The van der Waals surface area contributed by atoms with Crippen molar-refractivity contribution in [2.75, 3.05) is 18.4 Å². The third-order valence-electron chi connectivity index (χ3n) is 8.81. The molecule has 0 spiro atoms. The summed E-state index contributed by atoms with van der Waals surface area (Å²) in [5, 5.41) is 21.2. The first-order valence-corrected chi connectivity index (χ1v) is 14.9. The van der Waals surface area contributed by atoms with Crippen LogP contribution in [0.3, 0.4) is 0 Å². The summed E-state index contributed by atoms with van der Waals surface area (Å²) in [6, 6.07) is 16.0. The Morgan fingerprint density at radius 2 is 1.80 bits per heavy atom. The van der Waals surface area contributed by atoms with Crippen molar-refractivity contribution < 1.29 is 29.3 Å². The molecular weight excluding hydrogens is 520 g/mol. The maximum Gasteiger partial charge on any atom is 0.303 e. The van der Waals surface area contributed by atoms with Gasteiger partial charge in [-0.3, -0.25) is 14.5 Å². The second-order valence-corrected chi connectivity index (χ2v) is 13.4. The number of amides is 1. The highest BCUT2D eigenvalue weighted by Gasteiger charge is 2.50. The third-order valence-corrected chi connectivity index (χ3v) is 8.81. The molecular formula is C33H44N2O6. The monoisotopic (exact) mass is 564 g/mol. The maximum absolute atomic E-state index is 12.4. The van der Waals surface area contributed by atoms with Crippen LogP contribution in [0.25, 0.3) is 0 Å². The minimum atomic E-state index is -0.906. The molecule has 8 nitrogen and oxygen atoms in total. The van der Waals surface area contributed by atoms with Crippen LogP contribution in [-0.4, -0.2) is 52.2 Å². The quantitative estimate of drug-likeness (QED) is 0.334. The first-order chi connectivity index (χ1) is 19.5. The van der Waals surface area contributed by atoms with Gasteiger partial charge in [-0.1, -0.05) is 57.2 Å². The lowest BCUT2D eigenvalue weighted by Gasteiger charge is -2.41. The van der Waals surface area contributed by atoms with Crippen LogP contribution in [-0.2, 0) is 25.7 Å². The summed E-state index contributed by atoms with van der Waals surface area (Å²) in [4.78, 5) is 25.8. The standard InChI is InChI=1S/C33H44N2O6/c1-32(2)16-26-17-33(3,20-32)21-35(26)18-27-15-28(23-12-10-22(19-36)11-13-23)41-31(40-27)24-6-4-7-25(14-24)34-29(37)8-5-9-30(38)39/h4,6-7,10-14,26-28,31,36H,5,8-9,15-21H2,1-3H3,(H,34,37)(H,38,39)/t26?,27-,28+,31+,33?/m0/s1. The van der Waals surface area contributed by atoms with Crippen molar-refractivity contribution in [3.8, 4) is 0 Å². The zero-order chi connectivity index (χ0) is 29.2. The Kier molecular flexibility index (Phi) is 8.85. The second kappa shape index (κ2) is 12.2. The number of anilines is 1. The molecule has 0 radical (unpaired) electrons. The molecule has 222 valence electrons. The first-order valence-electron chi connectivity index (χ1n) is 14.9. The highest BCUT2D eigenvalue weighted by Crippen LogP contribution is 2.53. The summed E-state index contributed by atoms with van der Waals surface area (Å²) in [6.07, 6.45) is 4.03. The van der Waals surface area contributed by atoms with Crippen LogP contribution in [0.1, 0.15) is 94.8 Å². The molecule has 2 aliphatic heterocycles. The van der Waals surface area contributed by atoms with Crippen molar-refractivity contribution in [3.05, 3.63) is 65.2 Å². The molecule has 1 amide bonds. The van der Waals surface area contributed by atoms with Gasteiger partial charge >= 0.3 is 5.97 Å². The van der Waals surface area contributed by atoms with E-state index >= 15 is 0 Å². The van der Waals surface area contributed by atoms with E-state index < -0.39 is 12.3 Å². The number of nitrogens with zero attached hydrogens (tertiary/aromatic N) is 1. The summed E-state index contributed by atoms with van der Waals surface area (Å²) < 4.78 is 13.2. The van der Waals surface area contributed by atoms with Crippen molar-refractivity contribution in [2.45, 2.75) is 96.9 Å². The zero-order valence-electron chi connectivity index (χ0n) is 24.5. The minimum Gasteiger partial charge on any atom is -0.481 e. The molecule has 0 aromatic heterocycles. The average molecular weight is 565 g/mol. The van der Waals surface area contributed by atoms with Crippen LogP contribution < -0.4 is 5.32 Å². The Bertz CT molecular complexity index is 1230. The molecule has 3 N–H and O–H groups in total. The smallest absolute Gasteiger partial charge is 0.303 e. The van der Waals surface area contributed by atoms with E-state index in [9.17, 15) is 14.7 Å². The second-order valence-electron chi connectivity index (χ2n) is 13.4. The summed E-state index contributed by atoms with van der Waals surface area (Å²) in [7, 11) is 0. The minimum absolute atomic E-state index is 0.000446. The number of carboxylic acid groups (broad SMARTS) is 1. The first kappa shape index (κ1) is 29.7. The predicted octanol–water partition coefficient (Wildman–Crippen LogP) is 5.82. The number of nitrogens with one attached hydrogen (secondary N) is 1. The van der Waals surface area contributed by atoms with E-state index in [0.717, 1.165) is 36.2 Å². The number of likely N-dealkylation sites (tertiary alicyclic amines) is 1. The number of rotatable bonds is 10. The topological polar surface area (TPSA) is 108 Å². The molecule has 2 heterocycles. The van der Waals surface area contributed by atoms with E-state index in [0.29, 0.717) is 29.0 Å². The molecule has 3 aliphatic rings. The molecule has 2 aromatic rings. The van der Waals surface area contributed by atoms with Crippen LogP contribution in [0, 0.1) is 10.8 Å². The van der Waals surface area contributed by atoms with Crippen molar-refractivity contribution >= 4 is 17.6 Å². The number of ether oxygens (including phenoxy) is 2. The normalized spacial score (nSPS) is 29.3. The van der Waals surface area contributed by atoms with Gasteiger partial charge in [-0.25, -0.2) is 0 Å². The van der Waals surface area contributed by atoms with Crippen LogP contribution in [0.4, 0.5) is 5.69 Å². The molecule has 3 fully saturated rings. The predicted molar refractivity (Wildman–Crippen MR) is 156 cm³/mol. The summed E-state index contributed by atoms with van der Waals surface area (Å²) in [5.41, 5.74) is 4.06. The number of fused-ring (bicyclic) bond motifs is 2. The number of aliphatic carboxylic acids is 1. The van der Waals surface area contributed by atoms with Crippen molar-refractivity contribution in [1.29, 1.82) is 0 Å². The summed E-state index contributed by atoms with van der Waals surface area (Å²) in [6.45, 7) is 9.16. The maximum atomic E-state index is 12.4. The van der Waals surface area contributed by atoms with Gasteiger partial charge in [0.05, 0.1) is 18.8 Å². The molecule has 5 atom stereocenters. The summed E-state index contributed by atoms with van der Waals surface area (Å²) in [5.74, 6) is -1.12. The molecule has 1 saturated carbocycles. The van der Waals surface area contributed by atoms with Crippen molar-refractivity contribution in [2.24, 2.45) is 10.8 Å². The number of carbonyl (C=O) groups is 2. The van der Waals surface area contributed by atoms with Crippen LogP contribution in [0.5, 0.6) is 0 Å². The average Bonchev–Trinajstić information content (AvgIpc) is 3.15. The van der Waals surface area contributed by atoms with E-state index in [1.807, 2.05) is 48.5 Å². The molecule has 2 aromatic carbocycles. The molecule has 2 bridgehead atoms. The van der Waals surface area contributed by atoms with Crippen LogP contribution >= 0.6 is 0 Å². The van der Waals surface area contributed by atoms with Gasteiger partial charge in [-0.2, -0.15) is 0 Å². The molecule has 1 aliphatic carbocycles. The van der Waals surface area contributed by atoms with Gasteiger partial charge in [-0.15, -0.1) is 0 Å². The number of aliphatic hydroxyl groups is 1. The molecule has 2 saturated heterocycles. The SMILES string of the molecule is CC1(C)CC2CC(C)(CN2C[C@@H]2C[C@H](c3ccc(CO)cc3)O[C@H](c3cccc(NC(=O)CCCC(=O)O)c3)O2)C1. The van der Waals surface area contributed by atoms with Gasteiger partial charge in [0, 0.05) is 49.6 Å². The van der Waals surface area contributed by atoms with E-state index in [1.165, 1.54) is 19.3 Å². The van der Waals surface area contributed by atoms with E-state index in [-0.39, 0.29) is 37.6 Å². The Hall–Kier alpha value is -2.78. The lowest BCUT2D eigenvalue weighted by atomic mass is 9.65. The van der Waals surface area contributed by atoms with Crippen molar-refractivity contribution in [3.63, 3.8) is 0 Å². The highest BCUT2D eigenvalue weighted by molar-refractivity contribution is 5.90. The fourth-order valence-electron chi connectivity index (χ4n) is 7.47. The number of carboxylic acids is 1. The lowest BCUT2D eigenvalue weighted by Crippen LogP contribution is -2.42. The van der Waals surface area contributed by atoms with Crippen LogP contribution in [0.2, 0.25) is 0 Å². The van der Waals surface area contributed by atoms with Gasteiger partial charge in [-0.05, 0) is 59.8 Å². The van der Waals surface area contributed by atoms with Gasteiger partial charge in [0.2, 0.25) is 5.91 Å². The molecule has 8 heteroatoms. The number of hydrogen-bond acceptors (Lipinski definition) is 6. The van der Waals surface area contributed by atoms with Crippen molar-refractivity contribution in [1.82, 2.24) is 4.90 Å².